The molecule has 2 amide bonds. The van der Waals surface area contributed by atoms with E-state index < -0.39 is 29.6 Å². The lowest BCUT2D eigenvalue weighted by molar-refractivity contribution is -0.147. The maximum absolute atomic E-state index is 12.5. The summed E-state index contributed by atoms with van der Waals surface area (Å²) < 4.78 is 5.56. The number of carboxylic acid groups (broad SMARTS) is 1. The number of aliphatic carboxylic acids is 1. The smallest absolute Gasteiger partial charge is 0.407 e. The Kier molecular flexibility index (Phi) is 7.74. The molecule has 0 aromatic heterocycles. The fraction of sp³-hybridized carbons (Fsp3) is 0.423. The number of rotatable bonds is 10. The first kappa shape index (κ1) is 24.3. The molecule has 0 heterocycles. The monoisotopic (exact) mass is 452 g/mol. The van der Waals surface area contributed by atoms with Gasteiger partial charge in [0.15, 0.2) is 0 Å². The molecule has 0 fully saturated rings. The second-order valence-corrected chi connectivity index (χ2v) is 8.71. The van der Waals surface area contributed by atoms with E-state index in [4.69, 9.17) is 4.74 Å². The van der Waals surface area contributed by atoms with Crippen molar-refractivity contribution in [3.63, 3.8) is 0 Å². The maximum Gasteiger partial charge on any atom is 0.407 e. The van der Waals surface area contributed by atoms with E-state index in [1.54, 1.807) is 0 Å². The quantitative estimate of drug-likeness (QED) is 0.494. The molecular weight excluding hydrogens is 420 g/mol. The Bertz CT molecular complexity index is 976. The van der Waals surface area contributed by atoms with E-state index in [0.717, 1.165) is 22.3 Å². The number of alkyl carbamates (subject to hydrolysis) is 1. The molecule has 2 aromatic carbocycles. The zero-order valence-electron chi connectivity index (χ0n) is 19.4. The molecular formula is C26H32N2O5. The Morgan fingerprint density at radius 3 is 2.12 bits per heavy atom. The van der Waals surface area contributed by atoms with Crippen LogP contribution in [0.2, 0.25) is 0 Å². The summed E-state index contributed by atoms with van der Waals surface area (Å²) in [6.07, 6.45) is 0.844. The van der Waals surface area contributed by atoms with Crippen molar-refractivity contribution in [2.45, 2.75) is 64.0 Å². The van der Waals surface area contributed by atoms with Gasteiger partial charge in [0, 0.05) is 18.4 Å². The van der Waals surface area contributed by atoms with Crippen molar-refractivity contribution >= 4 is 18.0 Å². The van der Waals surface area contributed by atoms with Crippen LogP contribution in [-0.2, 0) is 14.3 Å². The molecule has 0 aliphatic heterocycles. The van der Waals surface area contributed by atoms with Crippen molar-refractivity contribution in [2.75, 3.05) is 6.61 Å². The Morgan fingerprint density at radius 1 is 1.03 bits per heavy atom. The summed E-state index contributed by atoms with van der Waals surface area (Å²) in [5, 5.41) is 14.8. The molecule has 0 radical (unpaired) electrons. The summed E-state index contributed by atoms with van der Waals surface area (Å²) >= 11 is 0. The zero-order valence-corrected chi connectivity index (χ0v) is 19.4. The van der Waals surface area contributed by atoms with Crippen molar-refractivity contribution in [3.05, 3.63) is 59.7 Å². The fourth-order valence-corrected chi connectivity index (χ4v) is 4.41. The number of carbonyl (C=O) groups excluding carboxylic acids is 2. The SMILES string of the molecule is CCCC(C)(NC(=O)C[C@H](CC)NC(=O)OCC1c2ccccc2-c2ccccc21)C(=O)O. The highest BCUT2D eigenvalue weighted by atomic mass is 16.5. The molecule has 1 unspecified atom stereocenters. The van der Waals surface area contributed by atoms with Gasteiger partial charge in [-0.25, -0.2) is 9.59 Å². The van der Waals surface area contributed by atoms with Crippen LogP contribution in [0.5, 0.6) is 0 Å². The highest BCUT2D eigenvalue weighted by Gasteiger charge is 2.34. The van der Waals surface area contributed by atoms with E-state index in [0.29, 0.717) is 19.3 Å². The number of amides is 2. The standard InChI is InChI=1S/C26H32N2O5/c1-4-14-26(3,24(30)31)28-23(29)15-17(5-2)27-25(32)33-16-22-20-12-8-6-10-18(20)19-11-7-9-13-21(19)22/h6-13,17,22H,4-5,14-16H2,1-3H3,(H,27,32)(H,28,29)(H,30,31)/t17-,26?/m0/s1. The van der Waals surface area contributed by atoms with E-state index >= 15 is 0 Å². The molecule has 2 atom stereocenters. The van der Waals surface area contributed by atoms with Crippen LogP contribution >= 0.6 is 0 Å². The number of hydrogen-bond donors (Lipinski definition) is 3. The molecule has 2 aromatic rings. The summed E-state index contributed by atoms with van der Waals surface area (Å²) in [5.41, 5.74) is 3.23. The third-order valence-electron chi connectivity index (χ3n) is 6.23. The molecule has 0 spiro atoms. The van der Waals surface area contributed by atoms with Gasteiger partial charge < -0.3 is 20.5 Å². The Morgan fingerprint density at radius 2 is 1.61 bits per heavy atom. The lowest BCUT2D eigenvalue weighted by Crippen LogP contribution is -2.53. The second kappa shape index (κ2) is 10.5. The van der Waals surface area contributed by atoms with Gasteiger partial charge in [-0.05, 0) is 42.0 Å². The van der Waals surface area contributed by atoms with Crippen LogP contribution in [0, 0.1) is 0 Å². The Labute approximate surface area is 194 Å². The molecule has 0 saturated heterocycles. The van der Waals surface area contributed by atoms with Gasteiger partial charge >= 0.3 is 12.1 Å². The number of ether oxygens (including phenoxy) is 1. The van der Waals surface area contributed by atoms with Crippen LogP contribution in [0.3, 0.4) is 0 Å². The van der Waals surface area contributed by atoms with Crippen LogP contribution in [-0.4, -0.2) is 41.3 Å². The number of benzene rings is 2. The largest absolute Gasteiger partial charge is 0.480 e. The first-order valence-electron chi connectivity index (χ1n) is 11.4. The van der Waals surface area contributed by atoms with E-state index in [2.05, 4.69) is 34.9 Å². The predicted molar refractivity (Wildman–Crippen MR) is 126 cm³/mol. The average Bonchev–Trinajstić information content (AvgIpc) is 3.11. The van der Waals surface area contributed by atoms with E-state index in [1.165, 1.54) is 6.92 Å². The fourth-order valence-electron chi connectivity index (χ4n) is 4.41. The summed E-state index contributed by atoms with van der Waals surface area (Å²) in [7, 11) is 0. The highest BCUT2D eigenvalue weighted by molar-refractivity contribution is 5.87. The minimum Gasteiger partial charge on any atom is -0.480 e. The Hall–Kier alpha value is -3.35. The second-order valence-electron chi connectivity index (χ2n) is 8.71. The molecule has 3 N–H and O–H groups in total. The predicted octanol–water partition coefficient (Wildman–Crippen LogP) is 4.45. The highest BCUT2D eigenvalue weighted by Crippen LogP contribution is 2.44. The normalized spacial score (nSPS) is 15.0. The van der Waals surface area contributed by atoms with Gasteiger partial charge in [0.05, 0.1) is 0 Å². The van der Waals surface area contributed by atoms with Crippen molar-refractivity contribution in [3.8, 4) is 11.1 Å². The van der Waals surface area contributed by atoms with Crippen LogP contribution in [0.4, 0.5) is 4.79 Å². The van der Waals surface area contributed by atoms with Crippen LogP contribution < -0.4 is 10.6 Å². The average molecular weight is 453 g/mol. The third-order valence-corrected chi connectivity index (χ3v) is 6.23. The van der Waals surface area contributed by atoms with Crippen molar-refractivity contribution in [1.82, 2.24) is 10.6 Å². The van der Waals surface area contributed by atoms with Gasteiger partial charge in [-0.1, -0.05) is 68.8 Å². The van der Waals surface area contributed by atoms with E-state index in [-0.39, 0.29) is 18.9 Å². The number of hydrogen-bond acceptors (Lipinski definition) is 4. The number of carbonyl (C=O) groups is 3. The van der Waals surface area contributed by atoms with Crippen molar-refractivity contribution in [2.24, 2.45) is 0 Å². The van der Waals surface area contributed by atoms with Gasteiger partial charge in [-0.2, -0.15) is 0 Å². The van der Waals surface area contributed by atoms with Gasteiger partial charge in [0.2, 0.25) is 5.91 Å². The molecule has 176 valence electrons. The summed E-state index contributed by atoms with van der Waals surface area (Å²) in [6.45, 7) is 5.40. The third kappa shape index (κ3) is 5.53. The van der Waals surface area contributed by atoms with Crippen LogP contribution in [0.25, 0.3) is 11.1 Å². The van der Waals surface area contributed by atoms with Crippen molar-refractivity contribution < 1.29 is 24.2 Å². The van der Waals surface area contributed by atoms with Gasteiger partial charge in [0.25, 0.3) is 0 Å². The van der Waals surface area contributed by atoms with E-state index in [1.807, 2.05) is 38.1 Å². The number of fused-ring (bicyclic) bond motifs is 3. The first-order chi connectivity index (χ1) is 15.8. The Balaban J connectivity index is 1.58. The van der Waals surface area contributed by atoms with Gasteiger partial charge in [0.1, 0.15) is 12.1 Å². The molecule has 0 bridgehead atoms. The molecule has 1 aliphatic rings. The van der Waals surface area contributed by atoms with Gasteiger partial charge in [-0.3, -0.25) is 4.79 Å². The number of nitrogens with one attached hydrogen (secondary N) is 2. The molecule has 7 nitrogen and oxygen atoms in total. The van der Waals surface area contributed by atoms with Gasteiger partial charge in [-0.15, -0.1) is 0 Å². The zero-order chi connectivity index (χ0) is 24.0. The van der Waals surface area contributed by atoms with Crippen LogP contribution in [0.15, 0.2) is 48.5 Å². The maximum atomic E-state index is 12.5. The summed E-state index contributed by atoms with van der Waals surface area (Å²) in [6, 6.07) is 15.7. The minimum atomic E-state index is -1.33. The summed E-state index contributed by atoms with van der Waals surface area (Å²) in [4.78, 5) is 36.5. The van der Waals surface area contributed by atoms with Crippen molar-refractivity contribution in [1.29, 1.82) is 0 Å². The first-order valence-corrected chi connectivity index (χ1v) is 11.4. The molecule has 33 heavy (non-hydrogen) atoms. The number of carboxylic acids is 1. The van der Waals surface area contributed by atoms with Crippen LogP contribution in [0.1, 0.15) is 63.5 Å². The minimum absolute atomic E-state index is 0.0206. The molecule has 3 rings (SSSR count). The van der Waals surface area contributed by atoms with E-state index in [9.17, 15) is 19.5 Å². The lowest BCUT2D eigenvalue weighted by Gasteiger charge is -2.27. The molecule has 0 saturated carbocycles. The lowest BCUT2D eigenvalue weighted by atomic mass is 9.95. The topological polar surface area (TPSA) is 105 Å². The molecule has 1 aliphatic carbocycles. The summed E-state index contributed by atoms with van der Waals surface area (Å²) in [5.74, 6) is -1.54. The molecule has 7 heteroatoms.